The lowest BCUT2D eigenvalue weighted by Gasteiger charge is -2.45. The van der Waals surface area contributed by atoms with Crippen molar-refractivity contribution in [2.75, 3.05) is 46.2 Å². The first kappa shape index (κ1) is 24.9. The number of piperidine rings is 3. The molecule has 8 nitrogen and oxygen atoms in total. The van der Waals surface area contributed by atoms with Crippen molar-refractivity contribution in [3.63, 3.8) is 0 Å². The number of hydrogen-bond acceptors (Lipinski definition) is 6. The molecule has 0 saturated carbocycles. The topological polar surface area (TPSA) is 98.7 Å². The van der Waals surface area contributed by atoms with E-state index < -0.39 is 0 Å². The molecule has 3 saturated heterocycles. The summed E-state index contributed by atoms with van der Waals surface area (Å²) in [5, 5.41) is 18.2. The van der Waals surface area contributed by atoms with Gasteiger partial charge in [-0.25, -0.2) is 4.79 Å². The number of amides is 2. The Morgan fingerprint density at radius 3 is 2.34 bits per heavy atom. The van der Waals surface area contributed by atoms with E-state index >= 15 is 0 Å². The number of ether oxygens (including phenoxy) is 2. The van der Waals surface area contributed by atoms with Gasteiger partial charge in [-0.3, -0.25) is 5.41 Å². The lowest BCUT2D eigenvalue weighted by molar-refractivity contribution is 0.0975. The van der Waals surface area contributed by atoms with E-state index in [0.717, 1.165) is 34.8 Å². The van der Waals surface area contributed by atoms with E-state index in [2.05, 4.69) is 33.0 Å². The fourth-order valence-corrected chi connectivity index (χ4v) is 5.23. The number of fused-ring (bicyclic) bond motifs is 3. The molecule has 8 heteroatoms. The third kappa shape index (κ3) is 5.70. The standard InChI is InChI=1S/C27H37N5O3/c1-17(30-27(33)29-2)13-20-14-24(34-3)25(35-4)15-22(20)26(28)19-5-7-21(8-6-19)31-23-16-32-11-9-18(23)10-12-32/h5-8,14-15,17-18,23,28,31H,9-13,16H2,1-4H3,(H2,29,30,33). The molecule has 3 fully saturated rings. The third-order valence-corrected chi connectivity index (χ3v) is 7.19. The number of benzene rings is 2. The predicted molar refractivity (Wildman–Crippen MR) is 139 cm³/mol. The van der Waals surface area contributed by atoms with Crippen LogP contribution in [-0.4, -0.2) is 69.6 Å². The van der Waals surface area contributed by atoms with Gasteiger partial charge >= 0.3 is 6.03 Å². The van der Waals surface area contributed by atoms with E-state index in [1.807, 2.05) is 31.2 Å². The van der Waals surface area contributed by atoms with Crippen molar-refractivity contribution in [3.8, 4) is 11.5 Å². The average Bonchev–Trinajstić information content (AvgIpc) is 2.89. The maximum Gasteiger partial charge on any atom is 0.314 e. The molecule has 3 heterocycles. The molecule has 3 aliphatic rings. The quantitative estimate of drug-likeness (QED) is 0.413. The molecule has 0 aliphatic carbocycles. The summed E-state index contributed by atoms with van der Waals surface area (Å²) in [7, 11) is 4.78. The zero-order valence-electron chi connectivity index (χ0n) is 21.1. The molecule has 5 rings (SSSR count). The van der Waals surface area contributed by atoms with Crippen molar-refractivity contribution in [3.05, 3.63) is 53.1 Å². The van der Waals surface area contributed by atoms with Gasteiger partial charge in [-0.15, -0.1) is 0 Å². The van der Waals surface area contributed by atoms with E-state index in [4.69, 9.17) is 14.9 Å². The van der Waals surface area contributed by atoms with Gasteiger partial charge in [0.2, 0.25) is 0 Å². The lowest BCUT2D eigenvalue weighted by Crippen LogP contribution is -2.53. The Labute approximate surface area is 207 Å². The molecule has 2 unspecified atom stereocenters. The molecule has 0 aromatic heterocycles. The summed E-state index contributed by atoms with van der Waals surface area (Å²) >= 11 is 0. The lowest BCUT2D eigenvalue weighted by atomic mass is 9.84. The number of rotatable bonds is 9. The van der Waals surface area contributed by atoms with Crippen LogP contribution in [-0.2, 0) is 6.42 Å². The highest BCUT2D eigenvalue weighted by atomic mass is 16.5. The van der Waals surface area contributed by atoms with Crippen molar-refractivity contribution in [1.82, 2.24) is 15.5 Å². The minimum absolute atomic E-state index is 0.132. The average molecular weight is 480 g/mol. The second-order valence-corrected chi connectivity index (χ2v) is 9.53. The molecule has 0 spiro atoms. The summed E-state index contributed by atoms with van der Waals surface area (Å²) in [5.41, 5.74) is 3.99. The highest BCUT2D eigenvalue weighted by Gasteiger charge is 2.33. The zero-order chi connectivity index (χ0) is 24.9. The van der Waals surface area contributed by atoms with Crippen LogP contribution < -0.4 is 25.4 Å². The van der Waals surface area contributed by atoms with E-state index in [0.29, 0.717) is 29.7 Å². The Balaban J connectivity index is 1.54. The third-order valence-electron chi connectivity index (χ3n) is 7.19. The summed E-state index contributed by atoms with van der Waals surface area (Å²) in [5.74, 6) is 1.92. The SMILES string of the molecule is CNC(=O)NC(C)Cc1cc(OC)c(OC)cc1C(=N)c1ccc(NC2CN3CCC2CC3)cc1. The Morgan fingerprint density at radius 2 is 1.77 bits per heavy atom. The van der Waals surface area contributed by atoms with Crippen LogP contribution >= 0.6 is 0 Å². The Hall–Kier alpha value is -3.26. The molecular weight excluding hydrogens is 442 g/mol. The van der Waals surface area contributed by atoms with E-state index in [1.54, 1.807) is 21.3 Å². The minimum atomic E-state index is -0.235. The van der Waals surface area contributed by atoms with Gasteiger partial charge in [-0.1, -0.05) is 12.1 Å². The van der Waals surface area contributed by atoms with Crippen LogP contribution in [0.2, 0.25) is 0 Å². The zero-order valence-corrected chi connectivity index (χ0v) is 21.1. The van der Waals surface area contributed by atoms with Crippen molar-refractivity contribution < 1.29 is 14.3 Å². The number of methoxy groups -OCH3 is 2. The molecule has 2 atom stereocenters. The van der Waals surface area contributed by atoms with E-state index in [-0.39, 0.29) is 12.1 Å². The van der Waals surface area contributed by atoms with Crippen LogP contribution in [0, 0.1) is 11.3 Å². The Bertz CT molecular complexity index is 1050. The predicted octanol–water partition coefficient (Wildman–Crippen LogP) is 3.49. The van der Waals surface area contributed by atoms with Gasteiger partial charge in [0, 0.05) is 42.5 Å². The van der Waals surface area contributed by atoms with Gasteiger partial charge in [0.25, 0.3) is 0 Å². The first-order valence-electron chi connectivity index (χ1n) is 12.3. The summed E-state index contributed by atoms with van der Waals surface area (Å²) in [6.45, 7) is 5.50. The van der Waals surface area contributed by atoms with Crippen LogP contribution in [0.4, 0.5) is 10.5 Å². The molecule has 2 aromatic carbocycles. The number of nitrogens with zero attached hydrogens (tertiary/aromatic N) is 1. The first-order valence-corrected chi connectivity index (χ1v) is 12.3. The number of nitrogens with one attached hydrogen (secondary N) is 4. The minimum Gasteiger partial charge on any atom is -0.493 e. The fraction of sp³-hybridized carbons (Fsp3) is 0.481. The summed E-state index contributed by atoms with van der Waals surface area (Å²) in [6, 6.07) is 12.0. The van der Waals surface area contributed by atoms with Gasteiger partial charge in [0.05, 0.1) is 19.9 Å². The molecule has 2 bridgehead atoms. The Morgan fingerprint density at radius 1 is 1.11 bits per heavy atom. The highest BCUT2D eigenvalue weighted by molar-refractivity contribution is 6.12. The second-order valence-electron chi connectivity index (χ2n) is 9.53. The largest absolute Gasteiger partial charge is 0.493 e. The fourth-order valence-electron chi connectivity index (χ4n) is 5.23. The molecular formula is C27H37N5O3. The van der Waals surface area contributed by atoms with Crippen molar-refractivity contribution in [1.29, 1.82) is 5.41 Å². The molecule has 35 heavy (non-hydrogen) atoms. The van der Waals surface area contributed by atoms with Crippen LogP contribution in [0.25, 0.3) is 0 Å². The number of hydrogen-bond donors (Lipinski definition) is 4. The summed E-state index contributed by atoms with van der Waals surface area (Å²) < 4.78 is 11.0. The van der Waals surface area contributed by atoms with Gasteiger partial charge in [-0.2, -0.15) is 0 Å². The maximum absolute atomic E-state index is 11.8. The maximum atomic E-state index is 11.8. The number of carbonyl (C=O) groups excluding carboxylic acids is 1. The van der Waals surface area contributed by atoms with Gasteiger partial charge in [0.15, 0.2) is 11.5 Å². The molecule has 2 aromatic rings. The van der Waals surface area contributed by atoms with Gasteiger partial charge in [-0.05, 0) is 75.0 Å². The normalized spacial score (nSPS) is 21.7. The number of urea groups is 1. The number of carbonyl (C=O) groups is 1. The van der Waals surface area contributed by atoms with Crippen LogP contribution in [0.15, 0.2) is 36.4 Å². The van der Waals surface area contributed by atoms with Crippen LogP contribution in [0.5, 0.6) is 11.5 Å². The molecule has 3 aliphatic heterocycles. The summed E-state index contributed by atoms with van der Waals surface area (Å²) in [6.07, 6.45) is 3.09. The second kappa shape index (κ2) is 11.0. The molecule has 2 amide bonds. The molecule has 188 valence electrons. The van der Waals surface area contributed by atoms with Crippen molar-refractivity contribution >= 4 is 17.4 Å². The van der Waals surface area contributed by atoms with E-state index in [9.17, 15) is 4.79 Å². The van der Waals surface area contributed by atoms with Gasteiger partial charge in [0.1, 0.15) is 0 Å². The van der Waals surface area contributed by atoms with Crippen LogP contribution in [0.1, 0.15) is 36.5 Å². The molecule has 4 N–H and O–H groups in total. The highest BCUT2D eigenvalue weighted by Crippen LogP contribution is 2.33. The first-order chi connectivity index (χ1) is 16.9. The Kier molecular flexibility index (Phi) is 7.80. The van der Waals surface area contributed by atoms with Crippen molar-refractivity contribution in [2.24, 2.45) is 5.92 Å². The smallest absolute Gasteiger partial charge is 0.314 e. The molecule has 0 radical (unpaired) electrons. The van der Waals surface area contributed by atoms with E-state index in [1.165, 1.54) is 25.9 Å². The monoisotopic (exact) mass is 479 g/mol. The number of anilines is 1. The van der Waals surface area contributed by atoms with Crippen LogP contribution in [0.3, 0.4) is 0 Å². The summed E-state index contributed by atoms with van der Waals surface area (Å²) in [4.78, 5) is 14.3. The van der Waals surface area contributed by atoms with Gasteiger partial charge < -0.3 is 30.3 Å². The van der Waals surface area contributed by atoms with Crippen molar-refractivity contribution in [2.45, 2.75) is 38.3 Å².